The number of hydrogen-bond acceptors (Lipinski definition) is 6. The first-order chi connectivity index (χ1) is 14.5. The third-order valence-electron chi connectivity index (χ3n) is 4.26. The van der Waals surface area contributed by atoms with Crippen LogP contribution in [-0.2, 0) is 4.79 Å². The number of hydrogen-bond donors (Lipinski definition) is 2. The number of H-pyrrole nitrogens is 1. The van der Waals surface area contributed by atoms with Gasteiger partial charge in [-0.1, -0.05) is 18.2 Å². The summed E-state index contributed by atoms with van der Waals surface area (Å²) >= 11 is 2.34. The van der Waals surface area contributed by atoms with E-state index in [0.717, 1.165) is 27.2 Å². The van der Waals surface area contributed by atoms with E-state index in [-0.39, 0.29) is 29.5 Å². The molecule has 1 aliphatic rings. The number of carbonyl (C=O) groups is 3. The van der Waals surface area contributed by atoms with Crippen molar-refractivity contribution in [3.8, 4) is 10.6 Å². The van der Waals surface area contributed by atoms with Gasteiger partial charge in [-0.25, -0.2) is 4.39 Å². The SMILES string of the molecule is O=C(NCCN1C(=O)S/C(=C\c2ccc(F)cc2)C1=O)c1cc(-c2cccs2)[nH]n1. The molecule has 0 aliphatic carbocycles. The largest absolute Gasteiger partial charge is 0.349 e. The van der Waals surface area contributed by atoms with Gasteiger partial charge in [0.1, 0.15) is 5.82 Å². The van der Waals surface area contributed by atoms with Crippen LogP contribution in [0.1, 0.15) is 16.1 Å². The van der Waals surface area contributed by atoms with Gasteiger partial charge in [-0.3, -0.25) is 24.4 Å². The molecule has 4 rings (SSSR count). The molecule has 30 heavy (non-hydrogen) atoms. The predicted molar refractivity (Wildman–Crippen MR) is 113 cm³/mol. The number of benzene rings is 1. The molecule has 10 heteroatoms. The third kappa shape index (κ3) is 4.34. The number of nitrogens with one attached hydrogen (secondary N) is 2. The Bertz CT molecular complexity index is 1120. The summed E-state index contributed by atoms with van der Waals surface area (Å²) in [5.41, 5.74) is 1.59. The minimum atomic E-state index is -0.441. The predicted octanol–water partition coefficient (Wildman–Crippen LogP) is 3.74. The summed E-state index contributed by atoms with van der Waals surface area (Å²) < 4.78 is 13.0. The van der Waals surface area contributed by atoms with Gasteiger partial charge in [-0.2, -0.15) is 5.10 Å². The number of halogens is 1. The summed E-state index contributed by atoms with van der Waals surface area (Å²) in [4.78, 5) is 39.2. The van der Waals surface area contributed by atoms with Gasteiger partial charge in [0.25, 0.3) is 17.1 Å². The molecule has 1 saturated heterocycles. The zero-order valence-corrected chi connectivity index (χ0v) is 17.1. The number of carbonyl (C=O) groups excluding carboxylic acids is 3. The number of nitrogens with zero attached hydrogens (tertiary/aromatic N) is 2. The van der Waals surface area contributed by atoms with Gasteiger partial charge >= 0.3 is 0 Å². The summed E-state index contributed by atoms with van der Waals surface area (Å²) in [6, 6.07) is 11.1. The van der Waals surface area contributed by atoms with Gasteiger partial charge in [0.05, 0.1) is 15.5 Å². The number of aromatic amines is 1. The van der Waals surface area contributed by atoms with E-state index in [1.807, 2.05) is 17.5 Å². The van der Waals surface area contributed by atoms with Crippen LogP contribution < -0.4 is 5.32 Å². The summed E-state index contributed by atoms with van der Waals surface area (Å²) in [5, 5.41) is 11.0. The van der Waals surface area contributed by atoms with E-state index in [0.29, 0.717) is 5.56 Å². The molecule has 7 nitrogen and oxygen atoms in total. The van der Waals surface area contributed by atoms with Crippen LogP contribution >= 0.6 is 23.1 Å². The van der Waals surface area contributed by atoms with Crippen molar-refractivity contribution < 1.29 is 18.8 Å². The highest BCUT2D eigenvalue weighted by Crippen LogP contribution is 2.32. The monoisotopic (exact) mass is 442 g/mol. The number of imide groups is 1. The van der Waals surface area contributed by atoms with Gasteiger partial charge in [0.2, 0.25) is 0 Å². The summed E-state index contributed by atoms with van der Waals surface area (Å²) in [5.74, 6) is -1.22. The van der Waals surface area contributed by atoms with Crippen LogP contribution in [0.25, 0.3) is 16.6 Å². The Hall–Kier alpha value is -3.24. The lowest BCUT2D eigenvalue weighted by atomic mass is 10.2. The van der Waals surface area contributed by atoms with Crippen molar-refractivity contribution in [3.63, 3.8) is 0 Å². The van der Waals surface area contributed by atoms with Crippen LogP contribution in [0.2, 0.25) is 0 Å². The van der Waals surface area contributed by atoms with E-state index >= 15 is 0 Å². The molecule has 0 radical (unpaired) electrons. The Balaban J connectivity index is 1.33. The van der Waals surface area contributed by atoms with Gasteiger partial charge in [-0.05, 0) is 53.0 Å². The van der Waals surface area contributed by atoms with E-state index in [1.165, 1.54) is 35.6 Å². The Kier molecular flexibility index (Phi) is 5.77. The maximum Gasteiger partial charge on any atom is 0.293 e. The van der Waals surface area contributed by atoms with Crippen molar-refractivity contribution >= 4 is 46.2 Å². The molecule has 0 spiro atoms. The van der Waals surface area contributed by atoms with Crippen LogP contribution in [0.5, 0.6) is 0 Å². The fraction of sp³-hybridized carbons (Fsp3) is 0.100. The van der Waals surface area contributed by atoms with Crippen LogP contribution in [0.3, 0.4) is 0 Å². The van der Waals surface area contributed by atoms with Crippen LogP contribution in [0.15, 0.2) is 52.7 Å². The first-order valence-electron chi connectivity index (χ1n) is 8.90. The fourth-order valence-corrected chi connectivity index (χ4v) is 4.33. The second-order valence-electron chi connectivity index (χ2n) is 6.28. The second kappa shape index (κ2) is 8.64. The Labute approximate surface area is 179 Å². The molecule has 1 fully saturated rings. The number of aromatic nitrogens is 2. The summed E-state index contributed by atoms with van der Waals surface area (Å²) in [7, 11) is 0. The topological polar surface area (TPSA) is 95.2 Å². The van der Waals surface area contributed by atoms with Crippen molar-refractivity contribution in [2.75, 3.05) is 13.1 Å². The van der Waals surface area contributed by atoms with E-state index < -0.39 is 17.1 Å². The molecule has 0 saturated carbocycles. The van der Waals surface area contributed by atoms with Crippen molar-refractivity contribution in [2.24, 2.45) is 0 Å². The first-order valence-corrected chi connectivity index (χ1v) is 10.6. The van der Waals surface area contributed by atoms with E-state index in [4.69, 9.17) is 0 Å². The van der Waals surface area contributed by atoms with Gasteiger partial charge in [0.15, 0.2) is 5.69 Å². The van der Waals surface area contributed by atoms with Crippen molar-refractivity contribution in [1.82, 2.24) is 20.4 Å². The lowest BCUT2D eigenvalue weighted by molar-refractivity contribution is -0.122. The number of amides is 3. The molecule has 2 aromatic heterocycles. The summed E-state index contributed by atoms with van der Waals surface area (Å²) in [6.45, 7) is 0.140. The fourth-order valence-electron chi connectivity index (χ4n) is 2.77. The quantitative estimate of drug-likeness (QED) is 0.567. The zero-order valence-electron chi connectivity index (χ0n) is 15.4. The standard InChI is InChI=1S/C20H15FN4O3S2/c21-13-5-3-12(4-6-13)10-17-19(27)25(20(28)30-17)8-7-22-18(26)15-11-14(23-24-15)16-2-1-9-29-16/h1-6,9-11H,7-8H2,(H,22,26)(H,23,24)/b17-10-. The van der Waals surface area contributed by atoms with Crippen LogP contribution in [0, 0.1) is 5.82 Å². The molecule has 3 aromatic rings. The molecular weight excluding hydrogens is 427 g/mol. The van der Waals surface area contributed by atoms with Gasteiger partial charge in [0, 0.05) is 13.1 Å². The highest BCUT2D eigenvalue weighted by atomic mass is 32.2. The van der Waals surface area contributed by atoms with Gasteiger partial charge < -0.3 is 5.32 Å². The maximum absolute atomic E-state index is 13.0. The molecule has 3 heterocycles. The number of thioether (sulfide) groups is 1. The molecular formula is C20H15FN4O3S2. The average molecular weight is 442 g/mol. The van der Waals surface area contributed by atoms with Gasteiger partial charge in [-0.15, -0.1) is 11.3 Å². The lowest BCUT2D eigenvalue weighted by Gasteiger charge is -2.12. The van der Waals surface area contributed by atoms with Crippen LogP contribution in [0.4, 0.5) is 9.18 Å². The normalized spacial score (nSPS) is 15.2. The Morgan fingerprint density at radius 3 is 2.77 bits per heavy atom. The van der Waals surface area contributed by atoms with Crippen molar-refractivity contribution in [2.45, 2.75) is 0 Å². The number of rotatable bonds is 6. The molecule has 1 aliphatic heterocycles. The lowest BCUT2D eigenvalue weighted by Crippen LogP contribution is -2.37. The smallest absolute Gasteiger partial charge is 0.293 e. The van der Waals surface area contributed by atoms with E-state index in [1.54, 1.807) is 12.1 Å². The molecule has 0 unspecified atom stereocenters. The van der Waals surface area contributed by atoms with Crippen molar-refractivity contribution in [1.29, 1.82) is 0 Å². The highest BCUT2D eigenvalue weighted by molar-refractivity contribution is 8.18. The van der Waals surface area contributed by atoms with E-state index in [9.17, 15) is 18.8 Å². The molecule has 152 valence electrons. The molecule has 2 N–H and O–H groups in total. The first kappa shape index (κ1) is 20.0. The number of thiophene rings is 1. The minimum absolute atomic E-state index is 0.0410. The molecule has 1 aromatic carbocycles. The Morgan fingerprint density at radius 2 is 2.03 bits per heavy atom. The molecule has 0 bridgehead atoms. The average Bonchev–Trinajstić information content (AvgIpc) is 3.47. The van der Waals surface area contributed by atoms with Crippen molar-refractivity contribution in [3.05, 3.63) is 69.8 Å². The zero-order chi connectivity index (χ0) is 21.1. The maximum atomic E-state index is 13.0. The summed E-state index contributed by atoms with van der Waals surface area (Å²) in [6.07, 6.45) is 1.54. The minimum Gasteiger partial charge on any atom is -0.349 e. The second-order valence-corrected chi connectivity index (χ2v) is 8.23. The third-order valence-corrected chi connectivity index (χ3v) is 6.07. The highest BCUT2D eigenvalue weighted by Gasteiger charge is 2.34. The Morgan fingerprint density at radius 1 is 1.23 bits per heavy atom. The molecule has 0 atom stereocenters. The van der Waals surface area contributed by atoms with Crippen LogP contribution in [-0.4, -0.2) is 45.2 Å². The van der Waals surface area contributed by atoms with E-state index in [2.05, 4.69) is 15.5 Å². The molecule has 3 amide bonds.